The summed E-state index contributed by atoms with van der Waals surface area (Å²) in [7, 11) is 0. The molecule has 0 aliphatic heterocycles. The zero-order valence-electron chi connectivity index (χ0n) is 6.92. The van der Waals surface area contributed by atoms with Gasteiger partial charge in [0.05, 0.1) is 5.92 Å². The summed E-state index contributed by atoms with van der Waals surface area (Å²) in [6.07, 6.45) is -11.2. The molecule has 2 unspecified atom stereocenters. The Morgan fingerprint density at radius 3 is 1.31 bits per heavy atom. The van der Waals surface area contributed by atoms with Gasteiger partial charge in [-0.3, -0.25) is 0 Å². The van der Waals surface area contributed by atoms with Crippen LogP contribution in [0.4, 0.5) is 26.3 Å². The van der Waals surface area contributed by atoms with Crippen molar-refractivity contribution in [1.82, 2.24) is 0 Å². The summed E-state index contributed by atoms with van der Waals surface area (Å²) in [5, 5.41) is 10.2. The number of carboxylic acids is 1. The highest BCUT2D eigenvalue weighted by Crippen LogP contribution is 2.75. The SMILES string of the molecule is O=C([O-])C1C(Cl)(C(F)(F)F)C1(Cl)C(F)(F)F. The van der Waals surface area contributed by atoms with Gasteiger partial charge in [0.2, 0.25) is 0 Å². The van der Waals surface area contributed by atoms with Crippen LogP contribution in [0, 0.1) is 5.92 Å². The molecule has 0 heterocycles. The third-order valence-electron chi connectivity index (χ3n) is 2.30. The van der Waals surface area contributed by atoms with Gasteiger partial charge in [-0.2, -0.15) is 26.3 Å². The van der Waals surface area contributed by atoms with Gasteiger partial charge in [-0.05, 0) is 0 Å². The predicted octanol–water partition coefficient (Wildman–Crippen LogP) is 1.45. The van der Waals surface area contributed by atoms with Crippen LogP contribution < -0.4 is 5.11 Å². The number of alkyl halides is 8. The molecule has 1 saturated carbocycles. The van der Waals surface area contributed by atoms with Gasteiger partial charge < -0.3 is 9.90 Å². The van der Waals surface area contributed by atoms with E-state index in [1.807, 2.05) is 0 Å². The Bertz CT molecular complexity index is 313. The molecular weight excluding hydrogens is 289 g/mol. The lowest BCUT2D eigenvalue weighted by Gasteiger charge is -2.19. The molecule has 0 aromatic carbocycles. The minimum absolute atomic E-state index is 2.60. The van der Waals surface area contributed by atoms with Crippen LogP contribution in [-0.4, -0.2) is 28.1 Å². The Labute approximate surface area is 94.1 Å². The largest absolute Gasteiger partial charge is 0.550 e. The number of carbonyl (C=O) groups excluding carboxylic acids is 1. The van der Waals surface area contributed by atoms with Crippen LogP contribution >= 0.6 is 23.2 Å². The Morgan fingerprint density at radius 1 is 1.00 bits per heavy atom. The number of carbonyl (C=O) groups is 1. The quantitative estimate of drug-likeness (QED) is 0.541. The van der Waals surface area contributed by atoms with E-state index >= 15 is 0 Å². The van der Waals surface area contributed by atoms with Crippen molar-refractivity contribution < 1.29 is 36.2 Å². The molecule has 1 rings (SSSR count). The van der Waals surface area contributed by atoms with Crippen LogP contribution in [0.3, 0.4) is 0 Å². The Kier molecular flexibility index (Phi) is 2.65. The molecule has 0 spiro atoms. The monoisotopic (exact) mass is 289 g/mol. The molecule has 1 fully saturated rings. The fraction of sp³-hybridized carbons (Fsp3) is 0.833. The minimum Gasteiger partial charge on any atom is -0.550 e. The van der Waals surface area contributed by atoms with Crippen molar-refractivity contribution in [3.05, 3.63) is 0 Å². The Morgan fingerprint density at radius 2 is 1.25 bits per heavy atom. The summed E-state index contributed by atoms with van der Waals surface area (Å²) < 4.78 is 73.5. The van der Waals surface area contributed by atoms with Gasteiger partial charge in [0.1, 0.15) is 0 Å². The van der Waals surface area contributed by atoms with E-state index in [2.05, 4.69) is 23.2 Å². The van der Waals surface area contributed by atoms with Crippen LogP contribution in [0.25, 0.3) is 0 Å². The molecule has 0 saturated heterocycles. The lowest BCUT2D eigenvalue weighted by atomic mass is 10.3. The van der Waals surface area contributed by atoms with E-state index in [1.54, 1.807) is 0 Å². The summed E-state index contributed by atoms with van der Waals surface area (Å²) in [6, 6.07) is 0. The van der Waals surface area contributed by atoms with Gasteiger partial charge in [0.15, 0.2) is 9.75 Å². The zero-order valence-corrected chi connectivity index (χ0v) is 8.43. The summed E-state index contributed by atoms with van der Waals surface area (Å²) >= 11 is 9.35. The van der Waals surface area contributed by atoms with Crippen LogP contribution in [0.2, 0.25) is 0 Å². The van der Waals surface area contributed by atoms with Crippen molar-refractivity contribution in [3.63, 3.8) is 0 Å². The third kappa shape index (κ3) is 1.32. The van der Waals surface area contributed by atoms with Gasteiger partial charge >= 0.3 is 12.4 Å². The van der Waals surface area contributed by atoms with E-state index in [1.165, 1.54) is 0 Å². The van der Waals surface area contributed by atoms with E-state index in [-0.39, 0.29) is 0 Å². The van der Waals surface area contributed by atoms with Crippen molar-refractivity contribution in [1.29, 1.82) is 0 Å². The smallest absolute Gasteiger partial charge is 0.410 e. The molecule has 0 aromatic heterocycles. The lowest BCUT2D eigenvalue weighted by Crippen LogP contribution is -2.40. The topological polar surface area (TPSA) is 40.1 Å². The minimum atomic E-state index is -5.61. The average Bonchev–Trinajstić information content (AvgIpc) is 2.49. The molecule has 2 atom stereocenters. The first-order valence-electron chi connectivity index (χ1n) is 3.54. The first-order chi connectivity index (χ1) is 6.82. The Hall–Kier alpha value is -0.370. The molecule has 1 aliphatic rings. The lowest BCUT2D eigenvalue weighted by molar-refractivity contribution is -0.310. The van der Waals surface area contributed by atoms with Crippen molar-refractivity contribution >= 4 is 29.2 Å². The maximum Gasteiger partial charge on any atom is 0.410 e. The van der Waals surface area contributed by atoms with Crippen molar-refractivity contribution in [2.45, 2.75) is 22.1 Å². The second-order valence-electron chi connectivity index (χ2n) is 3.17. The number of carboxylic acid groups (broad SMARTS) is 1. The first-order valence-corrected chi connectivity index (χ1v) is 4.29. The Balaban J connectivity index is 3.29. The first kappa shape index (κ1) is 13.7. The van der Waals surface area contributed by atoms with Gasteiger partial charge in [0, 0.05) is 5.97 Å². The number of hydrogen-bond donors (Lipinski definition) is 0. The van der Waals surface area contributed by atoms with E-state index < -0.39 is 34.0 Å². The summed E-state index contributed by atoms with van der Waals surface area (Å²) in [5.41, 5.74) is 0. The second kappa shape index (κ2) is 3.10. The van der Waals surface area contributed by atoms with Crippen LogP contribution in [0.5, 0.6) is 0 Å². The van der Waals surface area contributed by atoms with E-state index in [0.29, 0.717) is 0 Å². The summed E-state index contributed by atoms with van der Waals surface area (Å²) in [4.78, 5) is 2.04. The van der Waals surface area contributed by atoms with Gasteiger partial charge in [-0.15, -0.1) is 23.2 Å². The predicted molar refractivity (Wildman–Crippen MR) is 37.8 cm³/mol. The number of rotatable bonds is 1. The highest BCUT2D eigenvalue weighted by atomic mass is 35.5. The highest BCUT2D eigenvalue weighted by molar-refractivity contribution is 6.43. The zero-order chi connectivity index (χ0) is 13.2. The van der Waals surface area contributed by atoms with E-state index in [4.69, 9.17) is 0 Å². The number of hydrogen-bond acceptors (Lipinski definition) is 2. The van der Waals surface area contributed by atoms with Gasteiger partial charge in [-0.25, -0.2) is 0 Å². The molecule has 16 heavy (non-hydrogen) atoms. The van der Waals surface area contributed by atoms with Crippen LogP contribution in [0.1, 0.15) is 0 Å². The fourth-order valence-corrected chi connectivity index (χ4v) is 2.36. The molecular formula is C6HCl2F6O2-. The van der Waals surface area contributed by atoms with Crippen LogP contribution in [-0.2, 0) is 4.79 Å². The van der Waals surface area contributed by atoms with Crippen molar-refractivity contribution in [2.75, 3.05) is 0 Å². The average molecular weight is 290 g/mol. The van der Waals surface area contributed by atoms with Crippen molar-refractivity contribution in [3.8, 4) is 0 Å². The molecule has 94 valence electrons. The van der Waals surface area contributed by atoms with Gasteiger partial charge in [-0.1, -0.05) is 0 Å². The molecule has 0 aromatic rings. The number of aliphatic carboxylic acids is 1. The molecule has 10 heteroatoms. The summed E-state index contributed by atoms with van der Waals surface area (Å²) in [5.74, 6) is -5.66. The molecule has 1 aliphatic carbocycles. The molecule has 0 amide bonds. The third-order valence-corrected chi connectivity index (χ3v) is 3.86. The molecule has 2 nitrogen and oxygen atoms in total. The highest BCUT2D eigenvalue weighted by Gasteiger charge is 2.95. The van der Waals surface area contributed by atoms with Gasteiger partial charge in [0.25, 0.3) is 0 Å². The summed E-state index contributed by atoms with van der Waals surface area (Å²) in [6.45, 7) is 0. The van der Waals surface area contributed by atoms with E-state index in [9.17, 15) is 36.2 Å². The second-order valence-corrected chi connectivity index (χ2v) is 4.36. The molecule has 0 radical (unpaired) electrons. The van der Waals surface area contributed by atoms with Crippen LogP contribution in [0.15, 0.2) is 0 Å². The van der Waals surface area contributed by atoms with E-state index in [0.717, 1.165) is 0 Å². The maximum absolute atomic E-state index is 12.3. The number of halogens is 8. The standard InChI is InChI=1S/C6H2Cl2F6O2/c7-3(5(9,10)11)1(2(15)16)4(3,8)6(12,13)14/h1H,(H,15,16)/p-1. The van der Waals surface area contributed by atoms with Crippen molar-refractivity contribution in [2.24, 2.45) is 5.92 Å². The molecule has 0 N–H and O–H groups in total. The maximum atomic E-state index is 12.3. The normalized spacial score (nSPS) is 39.6. The molecule has 0 bridgehead atoms. The fourth-order valence-electron chi connectivity index (χ4n) is 1.47.